The number of hydrogen-bond acceptors (Lipinski definition) is 3. The molecule has 5 nitrogen and oxygen atoms in total. The van der Waals surface area contributed by atoms with E-state index in [2.05, 4.69) is 26.4 Å². The van der Waals surface area contributed by atoms with Gasteiger partial charge >= 0.3 is 0 Å². The van der Waals surface area contributed by atoms with E-state index in [1.165, 1.54) is 7.11 Å². The first kappa shape index (κ1) is 10.8. The maximum Gasteiger partial charge on any atom is 0.191 e. The van der Waals surface area contributed by atoms with E-state index in [1.807, 2.05) is 12.1 Å². The highest BCUT2D eigenvalue weighted by Gasteiger charge is 2.04. The monoisotopic (exact) mass is 258 g/mol. The third-order valence-corrected chi connectivity index (χ3v) is 2.08. The van der Waals surface area contributed by atoms with Gasteiger partial charge in [0.05, 0.1) is 12.8 Å². The molecule has 0 amide bonds. The molecular formula is C8H11BrN4O. The molecule has 0 bridgehead atoms. The third kappa shape index (κ3) is 2.61. The second kappa shape index (κ2) is 4.83. The fourth-order valence-corrected chi connectivity index (χ4v) is 1.41. The van der Waals surface area contributed by atoms with Crippen LogP contribution in [0.4, 0.5) is 11.4 Å². The molecule has 0 radical (unpaired) electrons. The number of halogens is 1. The zero-order valence-electron chi connectivity index (χ0n) is 7.62. The Hall–Kier alpha value is -1.27. The molecule has 0 fully saturated rings. The SMILES string of the molecule is CONc1cccc(Br)c1N=C(N)N. The average Bonchev–Trinajstić information content (AvgIpc) is 2.11. The first-order chi connectivity index (χ1) is 6.65. The number of aliphatic imine (C=N–C) groups is 1. The van der Waals surface area contributed by atoms with Crippen LogP contribution >= 0.6 is 15.9 Å². The van der Waals surface area contributed by atoms with Crippen molar-refractivity contribution in [2.24, 2.45) is 16.5 Å². The van der Waals surface area contributed by atoms with Crippen molar-refractivity contribution in [3.8, 4) is 0 Å². The summed E-state index contributed by atoms with van der Waals surface area (Å²) >= 11 is 3.33. The van der Waals surface area contributed by atoms with Gasteiger partial charge in [0.2, 0.25) is 0 Å². The number of guanidine groups is 1. The summed E-state index contributed by atoms with van der Waals surface area (Å²) < 4.78 is 0.785. The molecule has 0 aliphatic heterocycles. The number of para-hydroxylation sites is 1. The minimum atomic E-state index is -0.00365. The number of benzene rings is 1. The Morgan fingerprint density at radius 2 is 2.21 bits per heavy atom. The van der Waals surface area contributed by atoms with Crippen LogP contribution in [0.2, 0.25) is 0 Å². The van der Waals surface area contributed by atoms with E-state index in [4.69, 9.17) is 16.3 Å². The molecule has 0 heterocycles. The summed E-state index contributed by atoms with van der Waals surface area (Å²) in [6, 6.07) is 5.48. The highest BCUT2D eigenvalue weighted by Crippen LogP contribution is 2.33. The van der Waals surface area contributed by atoms with Gasteiger partial charge in [0, 0.05) is 4.47 Å². The lowest BCUT2D eigenvalue weighted by atomic mass is 10.3. The van der Waals surface area contributed by atoms with Crippen molar-refractivity contribution >= 4 is 33.3 Å². The molecule has 76 valence electrons. The molecule has 0 saturated heterocycles. The Morgan fingerprint density at radius 1 is 1.50 bits per heavy atom. The lowest BCUT2D eigenvalue weighted by molar-refractivity contribution is 0.271. The van der Waals surface area contributed by atoms with Crippen molar-refractivity contribution in [3.05, 3.63) is 22.7 Å². The standard InChI is InChI=1S/C8H11BrN4O/c1-14-13-6-4-2-3-5(9)7(6)12-8(10)11/h2-4,13H,1H3,(H4,10,11,12). The van der Waals surface area contributed by atoms with Gasteiger partial charge in [-0.1, -0.05) is 6.07 Å². The van der Waals surface area contributed by atoms with Crippen LogP contribution < -0.4 is 16.9 Å². The van der Waals surface area contributed by atoms with Gasteiger partial charge < -0.3 is 11.5 Å². The molecular weight excluding hydrogens is 248 g/mol. The summed E-state index contributed by atoms with van der Waals surface area (Å²) in [5, 5.41) is 0. The highest BCUT2D eigenvalue weighted by molar-refractivity contribution is 9.10. The molecule has 0 saturated carbocycles. The number of nitrogens with two attached hydrogens (primary N) is 2. The van der Waals surface area contributed by atoms with Crippen molar-refractivity contribution in [2.45, 2.75) is 0 Å². The predicted molar refractivity (Wildman–Crippen MR) is 60.2 cm³/mol. The molecule has 0 spiro atoms. The smallest absolute Gasteiger partial charge is 0.191 e. The summed E-state index contributed by atoms with van der Waals surface area (Å²) in [5.41, 5.74) is 14.6. The Kier molecular flexibility index (Phi) is 3.73. The topological polar surface area (TPSA) is 85.7 Å². The van der Waals surface area contributed by atoms with E-state index in [9.17, 15) is 0 Å². The van der Waals surface area contributed by atoms with E-state index in [0.717, 1.165) is 4.47 Å². The number of hydrogen-bond donors (Lipinski definition) is 3. The van der Waals surface area contributed by atoms with Crippen molar-refractivity contribution in [1.82, 2.24) is 0 Å². The molecule has 1 rings (SSSR count). The number of nitrogens with zero attached hydrogens (tertiary/aromatic N) is 1. The minimum absolute atomic E-state index is 0.00365. The summed E-state index contributed by atoms with van der Waals surface area (Å²) in [7, 11) is 1.51. The van der Waals surface area contributed by atoms with Crippen LogP contribution in [0.3, 0.4) is 0 Å². The zero-order valence-corrected chi connectivity index (χ0v) is 9.21. The van der Waals surface area contributed by atoms with Gasteiger partial charge in [-0.05, 0) is 28.1 Å². The van der Waals surface area contributed by atoms with E-state index >= 15 is 0 Å². The van der Waals surface area contributed by atoms with Crippen LogP contribution in [0, 0.1) is 0 Å². The average molecular weight is 259 g/mol. The van der Waals surface area contributed by atoms with E-state index in [0.29, 0.717) is 11.4 Å². The summed E-state index contributed by atoms with van der Waals surface area (Å²) in [4.78, 5) is 8.74. The number of anilines is 1. The second-order valence-electron chi connectivity index (χ2n) is 2.48. The molecule has 14 heavy (non-hydrogen) atoms. The molecule has 0 aliphatic carbocycles. The third-order valence-electron chi connectivity index (χ3n) is 1.44. The zero-order chi connectivity index (χ0) is 10.6. The van der Waals surface area contributed by atoms with Gasteiger partial charge in [-0.2, -0.15) is 0 Å². The largest absolute Gasteiger partial charge is 0.370 e. The number of nitrogens with one attached hydrogen (secondary N) is 1. The van der Waals surface area contributed by atoms with Crippen LogP contribution in [0.5, 0.6) is 0 Å². The van der Waals surface area contributed by atoms with Crippen molar-refractivity contribution in [2.75, 3.05) is 12.6 Å². The van der Waals surface area contributed by atoms with Crippen molar-refractivity contribution < 1.29 is 4.84 Å². The fourth-order valence-electron chi connectivity index (χ4n) is 0.950. The molecule has 0 atom stereocenters. The van der Waals surface area contributed by atoms with Crippen LogP contribution in [0.25, 0.3) is 0 Å². The highest BCUT2D eigenvalue weighted by atomic mass is 79.9. The lowest BCUT2D eigenvalue weighted by Gasteiger charge is -2.08. The maximum atomic E-state index is 5.30. The van der Waals surface area contributed by atoms with Crippen LogP contribution in [-0.2, 0) is 4.84 Å². The van der Waals surface area contributed by atoms with E-state index in [-0.39, 0.29) is 5.96 Å². The van der Waals surface area contributed by atoms with E-state index in [1.54, 1.807) is 6.07 Å². The quantitative estimate of drug-likeness (QED) is 0.434. The summed E-state index contributed by atoms with van der Waals surface area (Å²) in [6.07, 6.45) is 0. The van der Waals surface area contributed by atoms with Gasteiger partial charge in [-0.3, -0.25) is 10.3 Å². The van der Waals surface area contributed by atoms with Crippen molar-refractivity contribution in [3.63, 3.8) is 0 Å². The predicted octanol–water partition coefficient (Wildman–Crippen LogP) is 1.33. The Bertz CT molecular complexity index is 349. The molecule has 0 unspecified atom stereocenters. The first-order valence-corrected chi connectivity index (χ1v) is 4.61. The Morgan fingerprint density at radius 3 is 2.79 bits per heavy atom. The summed E-state index contributed by atoms with van der Waals surface area (Å²) in [5.74, 6) is -0.00365. The lowest BCUT2D eigenvalue weighted by Crippen LogP contribution is -2.22. The van der Waals surface area contributed by atoms with Gasteiger partial charge in [-0.15, -0.1) is 0 Å². The van der Waals surface area contributed by atoms with Crippen molar-refractivity contribution in [1.29, 1.82) is 0 Å². The first-order valence-electron chi connectivity index (χ1n) is 3.82. The van der Waals surface area contributed by atoms with Gasteiger partial charge in [0.1, 0.15) is 5.69 Å². The minimum Gasteiger partial charge on any atom is -0.370 e. The van der Waals surface area contributed by atoms with Gasteiger partial charge in [0.15, 0.2) is 5.96 Å². The van der Waals surface area contributed by atoms with Crippen LogP contribution in [0.1, 0.15) is 0 Å². The Balaban J connectivity index is 3.15. The molecule has 0 aliphatic rings. The summed E-state index contributed by atoms with van der Waals surface area (Å²) in [6.45, 7) is 0. The maximum absolute atomic E-state index is 5.30. The number of rotatable bonds is 3. The fraction of sp³-hybridized carbons (Fsp3) is 0.125. The van der Waals surface area contributed by atoms with Crippen LogP contribution in [0.15, 0.2) is 27.7 Å². The molecule has 0 aromatic heterocycles. The van der Waals surface area contributed by atoms with Gasteiger partial charge in [-0.25, -0.2) is 4.99 Å². The Labute approximate surface area is 90.2 Å². The van der Waals surface area contributed by atoms with Crippen LogP contribution in [-0.4, -0.2) is 13.1 Å². The molecule has 6 heteroatoms. The second-order valence-corrected chi connectivity index (χ2v) is 3.33. The molecule has 1 aromatic carbocycles. The normalized spacial score (nSPS) is 9.57. The van der Waals surface area contributed by atoms with E-state index < -0.39 is 0 Å². The molecule has 5 N–H and O–H groups in total. The van der Waals surface area contributed by atoms with Gasteiger partial charge in [0.25, 0.3) is 0 Å². The molecule has 1 aromatic rings.